The molecule has 1 N–H and O–H groups in total. The first-order chi connectivity index (χ1) is 15.0. The van der Waals surface area contributed by atoms with Gasteiger partial charge in [0.05, 0.1) is 22.4 Å². The number of nitrogens with zero attached hydrogens (tertiary/aromatic N) is 3. The Morgan fingerprint density at radius 3 is 2.84 bits per heavy atom. The summed E-state index contributed by atoms with van der Waals surface area (Å²) >= 11 is 7.14. The molecule has 2 heterocycles. The molecule has 0 aliphatic heterocycles. The molecule has 156 valence electrons. The van der Waals surface area contributed by atoms with E-state index in [1.54, 1.807) is 42.6 Å². The van der Waals surface area contributed by atoms with Crippen LogP contribution >= 0.6 is 22.9 Å². The molecule has 1 aromatic carbocycles. The number of anilines is 1. The number of aromatic nitrogens is 2. The number of ether oxygens (including phenoxy) is 1. The lowest BCUT2D eigenvalue weighted by Gasteiger charge is -2.07. The lowest BCUT2D eigenvalue weighted by Crippen LogP contribution is -2.33. The first-order valence-electron chi connectivity index (χ1n) is 9.01. The molecule has 0 bridgehead atoms. The number of halogens is 1. The van der Waals surface area contributed by atoms with Gasteiger partial charge in [0, 0.05) is 18.4 Å². The molecule has 3 rings (SSSR count). The SMILES string of the molecule is C=CCn1c(=C(C#N)C(=O)Nc2ccc(OC)c(Cl)c2)sc(=Cc2ccccn2)c1=O. The van der Waals surface area contributed by atoms with Crippen molar-refractivity contribution in [3.8, 4) is 11.8 Å². The average molecular weight is 453 g/mol. The summed E-state index contributed by atoms with van der Waals surface area (Å²) in [6.45, 7) is 3.80. The van der Waals surface area contributed by atoms with Gasteiger partial charge in [0.1, 0.15) is 16.5 Å². The number of thiazole rings is 1. The molecule has 9 heteroatoms. The molecule has 7 nitrogen and oxygen atoms in total. The summed E-state index contributed by atoms with van der Waals surface area (Å²) in [4.78, 5) is 29.9. The van der Waals surface area contributed by atoms with Crippen LogP contribution < -0.4 is 24.8 Å². The molecular weight excluding hydrogens is 436 g/mol. The number of rotatable bonds is 6. The third-order valence-corrected chi connectivity index (χ3v) is 5.57. The minimum absolute atomic E-state index is 0.146. The van der Waals surface area contributed by atoms with E-state index < -0.39 is 5.91 Å². The van der Waals surface area contributed by atoms with Gasteiger partial charge in [-0.25, -0.2) is 0 Å². The van der Waals surface area contributed by atoms with E-state index in [0.717, 1.165) is 11.3 Å². The lowest BCUT2D eigenvalue weighted by molar-refractivity contribution is -0.111. The molecule has 0 aliphatic carbocycles. The Bertz CT molecular complexity index is 1350. The second kappa shape index (κ2) is 9.89. The number of allylic oxidation sites excluding steroid dienone is 1. The summed E-state index contributed by atoms with van der Waals surface area (Å²) in [5.74, 6) is -0.205. The van der Waals surface area contributed by atoms with Crippen molar-refractivity contribution in [1.29, 1.82) is 5.26 Å². The van der Waals surface area contributed by atoms with Crippen molar-refractivity contribution in [2.24, 2.45) is 0 Å². The van der Waals surface area contributed by atoms with E-state index in [2.05, 4.69) is 16.9 Å². The van der Waals surface area contributed by atoms with Crippen LogP contribution in [-0.2, 0) is 11.3 Å². The molecule has 1 amide bonds. The van der Waals surface area contributed by atoms with E-state index in [1.807, 2.05) is 6.07 Å². The lowest BCUT2D eigenvalue weighted by atomic mass is 10.2. The monoisotopic (exact) mass is 452 g/mol. The zero-order chi connectivity index (χ0) is 22.4. The van der Waals surface area contributed by atoms with Gasteiger partial charge in [0.15, 0.2) is 5.57 Å². The van der Waals surface area contributed by atoms with Gasteiger partial charge in [0.25, 0.3) is 11.5 Å². The van der Waals surface area contributed by atoms with Crippen LogP contribution in [-0.4, -0.2) is 22.6 Å². The first kappa shape index (κ1) is 22.0. The van der Waals surface area contributed by atoms with E-state index in [0.29, 0.717) is 26.7 Å². The van der Waals surface area contributed by atoms with Gasteiger partial charge in [-0.15, -0.1) is 17.9 Å². The molecular formula is C22H17ClN4O3S. The molecule has 0 radical (unpaired) electrons. The second-order valence-corrected chi connectivity index (χ2v) is 7.60. The van der Waals surface area contributed by atoms with Crippen LogP contribution in [0.3, 0.4) is 0 Å². The van der Waals surface area contributed by atoms with Crippen LogP contribution in [0.2, 0.25) is 5.02 Å². The molecule has 31 heavy (non-hydrogen) atoms. The summed E-state index contributed by atoms with van der Waals surface area (Å²) in [6, 6.07) is 12.0. The number of hydrogen-bond acceptors (Lipinski definition) is 6. The maximum atomic E-state index is 12.9. The quantitative estimate of drug-likeness (QED) is 0.579. The summed E-state index contributed by atoms with van der Waals surface area (Å²) in [5.41, 5.74) is 0.446. The number of carbonyl (C=O) groups excluding carboxylic acids is 1. The van der Waals surface area contributed by atoms with Crippen molar-refractivity contribution >= 4 is 46.2 Å². The van der Waals surface area contributed by atoms with Gasteiger partial charge in [-0.05, 0) is 36.4 Å². The number of methoxy groups -OCH3 is 1. The van der Waals surface area contributed by atoms with Gasteiger partial charge in [-0.1, -0.05) is 23.7 Å². The summed E-state index contributed by atoms with van der Waals surface area (Å²) in [6.07, 6.45) is 4.76. The molecule has 0 saturated carbocycles. The average Bonchev–Trinajstić information content (AvgIpc) is 3.05. The summed E-state index contributed by atoms with van der Waals surface area (Å²) in [7, 11) is 1.48. The van der Waals surface area contributed by atoms with Gasteiger partial charge in [-0.2, -0.15) is 5.26 Å². The smallest absolute Gasteiger partial charge is 0.269 e. The highest BCUT2D eigenvalue weighted by molar-refractivity contribution is 7.07. The third kappa shape index (κ3) is 4.91. The zero-order valence-corrected chi connectivity index (χ0v) is 18.0. The van der Waals surface area contributed by atoms with E-state index in [9.17, 15) is 14.9 Å². The van der Waals surface area contributed by atoms with Crippen molar-refractivity contribution in [3.05, 3.63) is 85.5 Å². The Morgan fingerprint density at radius 2 is 2.23 bits per heavy atom. The normalized spacial score (nSPS) is 12.1. The maximum absolute atomic E-state index is 12.9. The molecule has 0 atom stereocenters. The van der Waals surface area contributed by atoms with Crippen molar-refractivity contribution in [3.63, 3.8) is 0 Å². The Morgan fingerprint density at radius 1 is 1.42 bits per heavy atom. The van der Waals surface area contributed by atoms with Crippen LogP contribution in [0.1, 0.15) is 5.69 Å². The number of pyridine rings is 1. The number of benzene rings is 1. The summed E-state index contributed by atoms with van der Waals surface area (Å²) in [5, 5.41) is 12.6. The first-order valence-corrected chi connectivity index (χ1v) is 10.2. The van der Waals surface area contributed by atoms with E-state index in [1.165, 1.54) is 23.8 Å². The topological polar surface area (TPSA) is 97.0 Å². The maximum Gasteiger partial charge on any atom is 0.269 e. The fourth-order valence-corrected chi connectivity index (χ4v) is 4.08. The van der Waals surface area contributed by atoms with Crippen molar-refractivity contribution < 1.29 is 9.53 Å². The van der Waals surface area contributed by atoms with Gasteiger partial charge in [-0.3, -0.25) is 19.1 Å². The zero-order valence-electron chi connectivity index (χ0n) is 16.5. The standard InChI is InChI=1S/C22H17ClN4O3S/c1-3-10-27-21(29)19(12-14-6-4-5-9-25-14)31-22(27)16(13-24)20(28)26-15-7-8-18(30-2)17(23)11-15/h3-9,11-12H,1,10H2,2H3,(H,26,28). The Labute approximate surface area is 186 Å². The minimum atomic E-state index is -0.660. The van der Waals surface area contributed by atoms with Crippen LogP contribution in [0.5, 0.6) is 5.75 Å². The van der Waals surface area contributed by atoms with Crippen LogP contribution in [0.15, 0.2) is 60.0 Å². The predicted octanol–water partition coefficient (Wildman–Crippen LogP) is 2.29. The van der Waals surface area contributed by atoms with Crippen LogP contribution in [0.25, 0.3) is 11.6 Å². The fraction of sp³-hybridized carbons (Fsp3) is 0.0909. The highest BCUT2D eigenvalue weighted by Crippen LogP contribution is 2.27. The van der Waals surface area contributed by atoms with Crippen LogP contribution in [0.4, 0.5) is 5.69 Å². The number of nitrogens with one attached hydrogen (secondary N) is 1. The highest BCUT2D eigenvalue weighted by atomic mass is 35.5. The Balaban J connectivity index is 2.12. The molecule has 0 aliphatic rings. The van der Waals surface area contributed by atoms with Gasteiger partial charge >= 0.3 is 0 Å². The molecule has 0 spiro atoms. The van der Waals surface area contributed by atoms with Gasteiger partial charge < -0.3 is 10.1 Å². The molecule has 3 aromatic rings. The van der Waals surface area contributed by atoms with Crippen LogP contribution in [0, 0.1) is 11.3 Å². The van der Waals surface area contributed by atoms with Crippen molar-refractivity contribution in [2.45, 2.75) is 6.54 Å². The molecule has 0 unspecified atom stereocenters. The second-order valence-electron chi connectivity index (χ2n) is 6.17. The van der Waals surface area contributed by atoms with Gasteiger partial charge in [0.2, 0.25) is 0 Å². The van der Waals surface area contributed by atoms with E-state index in [-0.39, 0.29) is 22.3 Å². The molecule has 2 aromatic heterocycles. The summed E-state index contributed by atoms with van der Waals surface area (Å²) < 4.78 is 7.01. The number of nitriles is 1. The van der Waals surface area contributed by atoms with E-state index >= 15 is 0 Å². The largest absolute Gasteiger partial charge is 0.495 e. The minimum Gasteiger partial charge on any atom is -0.495 e. The molecule has 0 saturated heterocycles. The number of carbonyl (C=O) groups is 1. The fourth-order valence-electron chi connectivity index (χ4n) is 2.73. The van der Waals surface area contributed by atoms with E-state index in [4.69, 9.17) is 16.3 Å². The Hall–Kier alpha value is -3.67. The van der Waals surface area contributed by atoms with Crippen molar-refractivity contribution in [1.82, 2.24) is 9.55 Å². The Kier molecular flexibility index (Phi) is 7.03. The van der Waals surface area contributed by atoms with Crippen molar-refractivity contribution in [2.75, 3.05) is 12.4 Å². The predicted molar refractivity (Wildman–Crippen MR) is 121 cm³/mol. The number of hydrogen-bond donors (Lipinski definition) is 1. The number of amides is 1. The third-order valence-electron chi connectivity index (χ3n) is 4.15. The molecule has 0 fully saturated rings. The highest BCUT2D eigenvalue weighted by Gasteiger charge is 2.16.